The number of hydrogen-bond donors (Lipinski definition) is 1. The number of carbonyl (C=O) groups is 1. The summed E-state index contributed by atoms with van der Waals surface area (Å²) < 4.78 is 8.67. The lowest BCUT2D eigenvalue weighted by Gasteiger charge is -2.19. The molecule has 3 rings (SSSR count). The third-order valence-corrected chi connectivity index (χ3v) is 5.39. The van der Waals surface area contributed by atoms with Gasteiger partial charge in [0.25, 0.3) is 0 Å². The van der Waals surface area contributed by atoms with E-state index >= 15 is 0 Å². The number of Topliss-reactive ketones (excluding diaryl/α,β-unsaturated/α-hetero) is 1. The van der Waals surface area contributed by atoms with Gasteiger partial charge in [-0.25, -0.2) is 4.98 Å². The maximum absolute atomic E-state index is 11.2. The van der Waals surface area contributed by atoms with Crippen molar-refractivity contribution >= 4 is 34.2 Å². The molecule has 0 atom stereocenters. The highest BCUT2D eigenvalue weighted by molar-refractivity contribution is 8.00. The first kappa shape index (κ1) is 15.5. The molecule has 2 heterocycles. The van der Waals surface area contributed by atoms with Gasteiger partial charge in [0.1, 0.15) is 0 Å². The lowest BCUT2D eigenvalue weighted by atomic mass is 9.98. The van der Waals surface area contributed by atoms with Gasteiger partial charge in [0, 0.05) is 35.0 Å². The summed E-state index contributed by atoms with van der Waals surface area (Å²) in [6.45, 7) is 3.25. The molecular weight excluding hydrogens is 316 g/mol. The van der Waals surface area contributed by atoms with Crippen molar-refractivity contribution in [3.63, 3.8) is 0 Å². The second-order valence-corrected chi connectivity index (χ2v) is 6.99. The van der Waals surface area contributed by atoms with Gasteiger partial charge in [0.05, 0.1) is 5.69 Å². The van der Waals surface area contributed by atoms with Crippen LogP contribution in [0.3, 0.4) is 0 Å². The Hall–Kier alpha value is -1.37. The third-order valence-electron chi connectivity index (χ3n) is 3.68. The van der Waals surface area contributed by atoms with E-state index in [1.807, 2.05) is 24.3 Å². The first-order chi connectivity index (χ1) is 10.7. The summed E-state index contributed by atoms with van der Waals surface area (Å²) in [5.41, 5.74) is 1.91. The molecule has 1 aromatic carbocycles. The molecule has 2 aromatic rings. The molecule has 0 saturated carbocycles. The van der Waals surface area contributed by atoms with E-state index in [9.17, 15) is 4.79 Å². The average molecular weight is 334 g/mol. The Balaban J connectivity index is 1.57. The number of aromatic nitrogens is 1. The summed E-state index contributed by atoms with van der Waals surface area (Å²) in [5, 5.41) is 3.06. The van der Waals surface area contributed by atoms with Crippen LogP contribution in [-0.4, -0.2) is 24.0 Å². The SMILES string of the molecule is CC(=O)c1ccc(SNc2nc(C3CCOCC3)cs2)cc1. The van der Waals surface area contributed by atoms with E-state index in [2.05, 4.69) is 15.1 Å². The fraction of sp³-hybridized carbons (Fsp3) is 0.375. The van der Waals surface area contributed by atoms with Gasteiger partial charge < -0.3 is 9.46 Å². The molecular formula is C16H18N2O2S2. The molecule has 0 bridgehead atoms. The molecule has 1 aliphatic heterocycles. The first-order valence-electron chi connectivity index (χ1n) is 7.29. The predicted octanol–water partition coefficient (Wildman–Crippen LogP) is 4.36. The highest BCUT2D eigenvalue weighted by Gasteiger charge is 2.18. The molecule has 1 fully saturated rings. The van der Waals surface area contributed by atoms with E-state index in [0.29, 0.717) is 5.92 Å². The van der Waals surface area contributed by atoms with Gasteiger partial charge in [-0.3, -0.25) is 4.79 Å². The number of thiazole rings is 1. The Morgan fingerprint density at radius 3 is 2.73 bits per heavy atom. The van der Waals surface area contributed by atoms with Crippen molar-refractivity contribution in [3.05, 3.63) is 40.9 Å². The molecule has 116 valence electrons. The van der Waals surface area contributed by atoms with Crippen LogP contribution in [0.15, 0.2) is 34.5 Å². The highest BCUT2D eigenvalue weighted by atomic mass is 32.2. The van der Waals surface area contributed by atoms with E-state index in [0.717, 1.165) is 41.6 Å². The largest absolute Gasteiger partial charge is 0.381 e. The van der Waals surface area contributed by atoms with Gasteiger partial charge >= 0.3 is 0 Å². The summed E-state index contributed by atoms with van der Waals surface area (Å²) in [6.07, 6.45) is 2.12. The monoisotopic (exact) mass is 334 g/mol. The lowest BCUT2D eigenvalue weighted by Crippen LogP contribution is -2.14. The van der Waals surface area contributed by atoms with E-state index in [4.69, 9.17) is 4.74 Å². The average Bonchev–Trinajstić information content (AvgIpc) is 3.03. The second kappa shape index (κ2) is 7.26. The molecule has 0 radical (unpaired) electrons. The first-order valence-corrected chi connectivity index (χ1v) is 8.99. The van der Waals surface area contributed by atoms with Crippen molar-refractivity contribution in [1.29, 1.82) is 0 Å². The molecule has 1 N–H and O–H groups in total. The minimum Gasteiger partial charge on any atom is -0.381 e. The van der Waals surface area contributed by atoms with Gasteiger partial charge in [-0.2, -0.15) is 0 Å². The zero-order valence-corrected chi connectivity index (χ0v) is 14.0. The number of hydrogen-bond acceptors (Lipinski definition) is 6. The highest BCUT2D eigenvalue weighted by Crippen LogP contribution is 2.31. The molecule has 1 aliphatic rings. The van der Waals surface area contributed by atoms with Gasteiger partial charge in [-0.1, -0.05) is 12.1 Å². The predicted molar refractivity (Wildman–Crippen MR) is 90.8 cm³/mol. The Labute approximate surface area is 138 Å². The standard InChI is InChI=1S/C16H18N2O2S2/c1-11(19)12-2-4-14(5-3-12)22-18-16-17-15(10-21-16)13-6-8-20-9-7-13/h2-5,10,13H,6-9H2,1H3,(H,17,18). The molecule has 22 heavy (non-hydrogen) atoms. The van der Waals surface area contributed by atoms with Crippen LogP contribution in [0.4, 0.5) is 5.13 Å². The quantitative estimate of drug-likeness (QED) is 0.650. The summed E-state index contributed by atoms with van der Waals surface area (Å²) in [5.74, 6) is 0.617. The van der Waals surface area contributed by atoms with E-state index in [1.54, 1.807) is 18.3 Å². The van der Waals surface area contributed by atoms with E-state index in [1.165, 1.54) is 17.6 Å². The van der Waals surface area contributed by atoms with Crippen LogP contribution in [-0.2, 0) is 4.74 Å². The summed E-state index contributed by atoms with van der Waals surface area (Å²) in [7, 11) is 0. The van der Waals surface area contributed by atoms with Gasteiger partial charge in [-0.05, 0) is 43.8 Å². The zero-order valence-electron chi connectivity index (χ0n) is 12.4. The van der Waals surface area contributed by atoms with Gasteiger partial charge in [-0.15, -0.1) is 11.3 Å². The summed E-state index contributed by atoms with van der Waals surface area (Å²) in [6, 6.07) is 7.59. The van der Waals surface area contributed by atoms with Crippen molar-refractivity contribution < 1.29 is 9.53 Å². The van der Waals surface area contributed by atoms with Crippen molar-refractivity contribution in [2.45, 2.75) is 30.6 Å². The lowest BCUT2D eigenvalue weighted by molar-refractivity contribution is 0.0846. The topological polar surface area (TPSA) is 51.2 Å². The second-order valence-electron chi connectivity index (χ2n) is 5.25. The number of ether oxygens (including phenoxy) is 1. The molecule has 6 heteroatoms. The smallest absolute Gasteiger partial charge is 0.193 e. The molecule has 0 aliphatic carbocycles. The molecule has 0 amide bonds. The van der Waals surface area contributed by atoms with Crippen LogP contribution >= 0.6 is 23.3 Å². The van der Waals surface area contributed by atoms with Crippen molar-refractivity contribution in [2.75, 3.05) is 17.9 Å². The van der Waals surface area contributed by atoms with Crippen molar-refractivity contribution in [2.24, 2.45) is 0 Å². The number of ketones is 1. The summed E-state index contributed by atoms with van der Waals surface area (Å²) >= 11 is 3.15. The zero-order chi connectivity index (χ0) is 15.4. The molecule has 4 nitrogen and oxygen atoms in total. The number of carbonyl (C=O) groups excluding carboxylic acids is 1. The Kier molecular flexibility index (Phi) is 5.12. The Morgan fingerprint density at radius 1 is 1.32 bits per heavy atom. The maximum Gasteiger partial charge on any atom is 0.193 e. The minimum absolute atomic E-state index is 0.0885. The van der Waals surface area contributed by atoms with Crippen LogP contribution in [0.25, 0.3) is 0 Å². The Morgan fingerprint density at radius 2 is 2.05 bits per heavy atom. The van der Waals surface area contributed by atoms with Gasteiger partial charge in [0.2, 0.25) is 0 Å². The van der Waals surface area contributed by atoms with Crippen LogP contribution in [0.1, 0.15) is 41.7 Å². The Bertz CT molecular complexity index is 634. The number of rotatable bonds is 5. The number of nitrogens with zero attached hydrogens (tertiary/aromatic N) is 1. The molecule has 1 aromatic heterocycles. The number of benzene rings is 1. The normalized spacial score (nSPS) is 15.7. The van der Waals surface area contributed by atoms with Crippen LogP contribution in [0.5, 0.6) is 0 Å². The summed E-state index contributed by atoms with van der Waals surface area (Å²) in [4.78, 5) is 17.0. The van der Waals surface area contributed by atoms with Crippen LogP contribution in [0.2, 0.25) is 0 Å². The molecule has 1 saturated heterocycles. The fourth-order valence-electron chi connectivity index (χ4n) is 2.37. The maximum atomic E-state index is 11.2. The molecule has 0 unspecified atom stereocenters. The van der Waals surface area contributed by atoms with Gasteiger partial charge in [0.15, 0.2) is 10.9 Å². The van der Waals surface area contributed by atoms with Crippen molar-refractivity contribution in [3.8, 4) is 0 Å². The molecule has 0 spiro atoms. The van der Waals surface area contributed by atoms with Crippen LogP contribution in [0, 0.1) is 0 Å². The van der Waals surface area contributed by atoms with Crippen molar-refractivity contribution in [1.82, 2.24) is 4.98 Å². The third kappa shape index (κ3) is 3.88. The fourth-order valence-corrected chi connectivity index (χ4v) is 3.85. The van der Waals surface area contributed by atoms with E-state index in [-0.39, 0.29) is 5.78 Å². The van der Waals surface area contributed by atoms with E-state index < -0.39 is 0 Å². The van der Waals surface area contributed by atoms with Crippen LogP contribution < -0.4 is 4.72 Å². The minimum atomic E-state index is 0.0885. The number of anilines is 1. The number of nitrogens with one attached hydrogen (secondary N) is 1.